The van der Waals surface area contributed by atoms with Gasteiger partial charge >= 0.3 is 5.97 Å². The van der Waals surface area contributed by atoms with E-state index in [2.05, 4.69) is 26.8 Å². The Morgan fingerprint density at radius 1 is 0.723 bits per heavy atom. The van der Waals surface area contributed by atoms with Gasteiger partial charge in [0.25, 0.3) is 0 Å². The number of fused-ring (bicyclic) bond motifs is 7. The van der Waals surface area contributed by atoms with Gasteiger partial charge in [-0.25, -0.2) is 4.79 Å². The molecule has 18 heteroatoms. The summed E-state index contributed by atoms with van der Waals surface area (Å²) in [5.41, 5.74) is -1.58. The zero-order chi connectivity index (χ0) is 47.6. The number of carbonyl (C=O) groups is 2. The summed E-state index contributed by atoms with van der Waals surface area (Å²) in [6.45, 7) is 13.9. The SMILES string of the molecule is C[C@@H]1O[C@@H](O[C@H]2[C@H](O[C@H]3[C@H](O[C@H]4CC[C@@]5(C=O)[C@H](CC[C@]6(C)[C@@H]5CC[C@@H]5C7=C[C@@](C)(CO)C[C@@H](O)[C@]7(C)CC[C@]56C)C4(C)C)O[C@H](C(=O)O)[C@@H](O)[C@@H]3O)OC[C@@H](O)[C@@H]2O)[C@H](O)[C@H](O)[C@H]1O. The van der Waals surface area contributed by atoms with Crippen molar-refractivity contribution in [2.45, 2.75) is 204 Å². The minimum Gasteiger partial charge on any atom is -0.479 e. The van der Waals surface area contributed by atoms with E-state index in [0.717, 1.165) is 32.1 Å². The Morgan fingerprint density at radius 2 is 1.40 bits per heavy atom. The molecule has 8 aliphatic rings. The van der Waals surface area contributed by atoms with Crippen LogP contribution in [0, 0.1) is 50.2 Å². The fraction of sp³-hybridized carbons (Fsp3) is 0.915. The minimum absolute atomic E-state index is 0.0204. The Bertz CT molecular complexity index is 1810. The van der Waals surface area contributed by atoms with E-state index < -0.39 is 127 Å². The van der Waals surface area contributed by atoms with Gasteiger partial charge in [-0.2, -0.15) is 0 Å². The molecule has 5 aliphatic carbocycles. The second-order valence-corrected chi connectivity index (χ2v) is 22.8. The van der Waals surface area contributed by atoms with Crippen molar-refractivity contribution in [1.82, 2.24) is 0 Å². The lowest BCUT2D eigenvalue weighted by molar-refractivity contribution is -0.386. The van der Waals surface area contributed by atoms with Crippen LogP contribution >= 0.6 is 0 Å². The third-order valence-corrected chi connectivity index (χ3v) is 19.0. The van der Waals surface area contributed by atoms with E-state index in [4.69, 9.17) is 28.4 Å². The van der Waals surface area contributed by atoms with Crippen LogP contribution in [-0.2, 0) is 38.0 Å². The van der Waals surface area contributed by atoms with Crippen molar-refractivity contribution in [2.75, 3.05) is 13.2 Å². The molecule has 0 spiro atoms. The summed E-state index contributed by atoms with van der Waals surface area (Å²) in [7, 11) is 0. The first-order valence-electron chi connectivity index (χ1n) is 23.7. The first-order chi connectivity index (χ1) is 30.3. The summed E-state index contributed by atoms with van der Waals surface area (Å²) in [6, 6.07) is 0. The van der Waals surface area contributed by atoms with E-state index in [1.807, 2.05) is 20.8 Å². The minimum atomic E-state index is -2.02. The van der Waals surface area contributed by atoms with Gasteiger partial charge in [-0.05, 0) is 98.7 Å². The number of aldehydes is 1. The van der Waals surface area contributed by atoms with Gasteiger partial charge in [0.05, 0.1) is 31.5 Å². The van der Waals surface area contributed by atoms with Crippen molar-refractivity contribution in [3.63, 3.8) is 0 Å². The van der Waals surface area contributed by atoms with Crippen LogP contribution in [0.4, 0.5) is 0 Å². The molecule has 3 saturated heterocycles. The van der Waals surface area contributed by atoms with Gasteiger partial charge in [0, 0.05) is 16.2 Å². The number of aliphatic hydroxyl groups excluding tert-OH is 9. The molecule has 0 aromatic heterocycles. The highest BCUT2D eigenvalue weighted by Crippen LogP contribution is 2.76. The molecule has 370 valence electrons. The smallest absolute Gasteiger partial charge is 0.335 e. The third kappa shape index (κ3) is 7.62. The highest BCUT2D eigenvalue weighted by Gasteiger charge is 2.71. The van der Waals surface area contributed by atoms with Crippen molar-refractivity contribution in [3.8, 4) is 0 Å². The Kier molecular flexibility index (Phi) is 13.2. The standard InChI is InChI=1S/C47H74O18/c1-21-29(52)31(54)34(57)39(61-21)64-36-30(53)24(50)18-60-40(36)65-37-33(56)32(55)35(38(58)59)63-41(37)62-28-11-13-47(20-49)25(42(28,2)3)10-12-46(7)26(47)9-8-22-23-16-43(4,19-48)17-27(51)44(23,5)14-15-45(22,46)6/h16,20-22,24-37,39-41,48,50-57H,8-15,17-19H2,1-7H3,(H,58,59)/t21-,22+,24+,25+,26-,27+,28-,29-,30-,31+,32-,33-,34+,35-,36+,37+,39-,40-,41+,43+,44+,45+,46+,47+/m0/s1. The molecule has 0 aromatic rings. The molecule has 0 amide bonds. The lowest BCUT2D eigenvalue weighted by Gasteiger charge is -2.72. The fourth-order valence-corrected chi connectivity index (χ4v) is 14.7. The number of carbonyl (C=O) groups excluding carboxylic acids is 1. The van der Waals surface area contributed by atoms with Gasteiger partial charge in [0.1, 0.15) is 61.2 Å². The quantitative estimate of drug-likeness (QED) is 0.0857. The second-order valence-electron chi connectivity index (χ2n) is 22.8. The molecule has 4 saturated carbocycles. The molecule has 3 heterocycles. The Morgan fingerprint density at radius 3 is 2.06 bits per heavy atom. The van der Waals surface area contributed by atoms with Gasteiger partial charge < -0.3 is 84.3 Å². The summed E-state index contributed by atoms with van der Waals surface area (Å²) in [5.74, 6) is -1.57. The number of aliphatic carboxylic acids is 1. The summed E-state index contributed by atoms with van der Waals surface area (Å²) >= 11 is 0. The van der Waals surface area contributed by atoms with E-state index in [0.29, 0.717) is 25.7 Å². The van der Waals surface area contributed by atoms with E-state index in [1.165, 1.54) is 18.8 Å². The van der Waals surface area contributed by atoms with Crippen LogP contribution in [-0.4, -0.2) is 175 Å². The maximum absolute atomic E-state index is 14.0. The summed E-state index contributed by atoms with van der Waals surface area (Å²) in [5, 5.41) is 108. The number of aliphatic hydroxyl groups is 9. The van der Waals surface area contributed by atoms with Gasteiger partial charge in [-0.15, -0.1) is 0 Å². The van der Waals surface area contributed by atoms with E-state index >= 15 is 0 Å². The zero-order valence-electron chi connectivity index (χ0n) is 38.6. The van der Waals surface area contributed by atoms with Gasteiger partial charge in [-0.1, -0.05) is 53.2 Å². The Balaban J connectivity index is 1.05. The molecule has 65 heavy (non-hydrogen) atoms. The highest BCUT2D eigenvalue weighted by atomic mass is 16.8. The molecule has 3 aliphatic heterocycles. The average molecular weight is 927 g/mol. The number of ether oxygens (including phenoxy) is 6. The van der Waals surface area contributed by atoms with Crippen LogP contribution in [0.2, 0.25) is 0 Å². The van der Waals surface area contributed by atoms with E-state index in [1.54, 1.807) is 0 Å². The second kappa shape index (κ2) is 17.3. The van der Waals surface area contributed by atoms with Crippen molar-refractivity contribution in [3.05, 3.63) is 11.6 Å². The molecule has 7 fully saturated rings. The van der Waals surface area contributed by atoms with Crippen LogP contribution in [0.25, 0.3) is 0 Å². The molecule has 0 radical (unpaired) electrons. The first-order valence-corrected chi connectivity index (χ1v) is 23.7. The summed E-state index contributed by atoms with van der Waals surface area (Å²) < 4.78 is 36.0. The molecule has 18 nitrogen and oxygen atoms in total. The molecule has 8 rings (SSSR count). The van der Waals surface area contributed by atoms with Gasteiger partial charge in [-0.3, -0.25) is 0 Å². The van der Waals surface area contributed by atoms with Crippen LogP contribution in [0.3, 0.4) is 0 Å². The lowest BCUT2D eigenvalue weighted by Crippen LogP contribution is -2.68. The predicted molar refractivity (Wildman–Crippen MR) is 225 cm³/mol. The molecule has 0 bridgehead atoms. The van der Waals surface area contributed by atoms with Crippen molar-refractivity contribution in [2.24, 2.45) is 50.2 Å². The van der Waals surface area contributed by atoms with Crippen molar-refractivity contribution in [1.29, 1.82) is 0 Å². The third-order valence-electron chi connectivity index (χ3n) is 19.0. The van der Waals surface area contributed by atoms with Gasteiger partial charge in [0.15, 0.2) is 25.0 Å². The van der Waals surface area contributed by atoms with Crippen LogP contribution in [0.1, 0.15) is 106 Å². The first kappa shape index (κ1) is 49.7. The Labute approximate surface area is 380 Å². The Hall–Kier alpha value is -1.72. The molecular formula is C47H74O18. The summed E-state index contributed by atoms with van der Waals surface area (Å²) in [6.07, 6.45) is -15.2. The zero-order valence-corrected chi connectivity index (χ0v) is 38.6. The topological polar surface area (TPSA) is 292 Å². The molecule has 0 unspecified atom stereocenters. The normalized spacial score (nSPS) is 55.4. The van der Waals surface area contributed by atoms with E-state index in [9.17, 15) is 60.7 Å². The summed E-state index contributed by atoms with van der Waals surface area (Å²) in [4.78, 5) is 26.4. The number of hydrogen-bond donors (Lipinski definition) is 10. The molecular weight excluding hydrogens is 852 g/mol. The molecule has 10 N–H and O–H groups in total. The van der Waals surface area contributed by atoms with E-state index in [-0.39, 0.29) is 40.6 Å². The molecule has 0 aromatic carbocycles. The number of carboxylic acids is 1. The van der Waals surface area contributed by atoms with Crippen LogP contribution in [0.5, 0.6) is 0 Å². The lowest BCUT2D eigenvalue weighted by atomic mass is 9.32. The number of rotatable bonds is 9. The number of carboxylic acid groups (broad SMARTS) is 1. The van der Waals surface area contributed by atoms with Crippen LogP contribution in [0.15, 0.2) is 11.6 Å². The van der Waals surface area contributed by atoms with Gasteiger partial charge in [0.2, 0.25) is 0 Å². The fourth-order valence-electron chi connectivity index (χ4n) is 14.7. The maximum Gasteiger partial charge on any atom is 0.335 e. The maximum atomic E-state index is 14.0. The average Bonchev–Trinajstić information content (AvgIpc) is 3.25. The van der Waals surface area contributed by atoms with Crippen molar-refractivity contribution >= 4 is 12.3 Å². The number of hydrogen-bond acceptors (Lipinski definition) is 17. The largest absolute Gasteiger partial charge is 0.479 e. The monoisotopic (exact) mass is 926 g/mol. The molecule has 24 atom stereocenters. The predicted octanol–water partition coefficient (Wildman–Crippen LogP) is 0.523. The van der Waals surface area contributed by atoms with Crippen molar-refractivity contribution < 1.29 is 89.1 Å². The highest BCUT2D eigenvalue weighted by molar-refractivity contribution is 5.73. The van der Waals surface area contributed by atoms with Crippen LogP contribution < -0.4 is 0 Å².